The molecule has 12 heavy (non-hydrogen) atoms. The van der Waals surface area contributed by atoms with Gasteiger partial charge in [0.2, 0.25) is 0 Å². The molecule has 0 saturated heterocycles. The van der Waals surface area contributed by atoms with Gasteiger partial charge in [0.1, 0.15) is 5.82 Å². The zero-order chi connectivity index (χ0) is 9.30. The van der Waals surface area contributed by atoms with Crippen molar-refractivity contribution in [2.45, 2.75) is 6.92 Å². The first-order chi connectivity index (χ1) is 5.54. The molecule has 0 aliphatic heterocycles. The van der Waals surface area contributed by atoms with Crippen molar-refractivity contribution in [2.24, 2.45) is 0 Å². The van der Waals surface area contributed by atoms with Crippen LogP contribution < -0.4 is 5.73 Å². The van der Waals surface area contributed by atoms with Crippen LogP contribution in [0.1, 0.15) is 17.3 Å². The van der Waals surface area contributed by atoms with Crippen LogP contribution in [-0.4, -0.2) is 5.78 Å². The molecule has 64 valence electrons. The van der Waals surface area contributed by atoms with Crippen molar-refractivity contribution in [2.75, 3.05) is 5.73 Å². The minimum absolute atomic E-state index is 0.0519. The number of benzene rings is 1. The molecule has 0 heterocycles. The minimum Gasteiger partial charge on any atom is -0.398 e. The van der Waals surface area contributed by atoms with E-state index < -0.39 is 5.82 Å². The highest BCUT2D eigenvalue weighted by molar-refractivity contribution is 9.10. The Kier molecular flexibility index (Phi) is 2.47. The first-order valence-electron chi connectivity index (χ1n) is 3.28. The van der Waals surface area contributed by atoms with Gasteiger partial charge in [0.15, 0.2) is 5.78 Å². The maximum absolute atomic E-state index is 13.2. The van der Waals surface area contributed by atoms with Crippen molar-refractivity contribution in [3.8, 4) is 0 Å². The predicted molar refractivity (Wildman–Crippen MR) is 48.5 cm³/mol. The van der Waals surface area contributed by atoms with Gasteiger partial charge in [-0.05, 0) is 35.0 Å². The molecule has 0 atom stereocenters. The topological polar surface area (TPSA) is 43.1 Å². The fourth-order valence-corrected chi connectivity index (χ4v) is 1.18. The van der Waals surface area contributed by atoms with Crippen LogP contribution >= 0.6 is 15.9 Å². The molecular weight excluding hydrogens is 225 g/mol. The van der Waals surface area contributed by atoms with E-state index in [0.29, 0.717) is 0 Å². The smallest absolute Gasteiger partial charge is 0.162 e. The molecule has 0 saturated carbocycles. The van der Waals surface area contributed by atoms with Gasteiger partial charge in [0.25, 0.3) is 0 Å². The molecule has 0 amide bonds. The van der Waals surface area contributed by atoms with E-state index in [4.69, 9.17) is 5.73 Å². The lowest BCUT2D eigenvalue weighted by molar-refractivity contribution is 0.101. The Balaban J connectivity index is 3.36. The maximum Gasteiger partial charge on any atom is 0.162 e. The molecular formula is C8H7BrFNO. The summed E-state index contributed by atoms with van der Waals surface area (Å²) in [6.45, 7) is 1.31. The van der Waals surface area contributed by atoms with Gasteiger partial charge in [0, 0.05) is 5.69 Å². The van der Waals surface area contributed by atoms with Crippen molar-refractivity contribution in [3.63, 3.8) is 0 Å². The second kappa shape index (κ2) is 3.23. The van der Waals surface area contributed by atoms with Crippen LogP contribution in [0.4, 0.5) is 10.1 Å². The van der Waals surface area contributed by atoms with E-state index in [1.165, 1.54) is 19.1 Å². The van der Waals surface area contributed by atoms with Crippen molar-refractivity contribution in [3.05, 3.63) is 28.0 Å². The summed E-state index contributed by atoms with van der Waals surface area (Å²) in [5.74, 6) is -0.907. The normalized spacial score (nSPS) is 9.92. The first kappa shape index (κ1) is 9.19. The highest BCUT2D eigenvalue weighted by Crippen LogP contribution is 2.25. The number of anilines is 1. The minimum atomic E-state index is -0.595. The monoisotopic (exact) mass is 231 g/mol. The Bertz CT molecular complexity index is 338. The molecule has 0 aliphatic carbocycles. The number of rotatable bonds is 1. The average molecular weight is 232 g/mol. The van der Waals surface area contributed by atoms with E-state index in [9.17, 15) is 9.18 Å². The predicted octanol–water partition coefficient (Wildman–Crippen LogP) is 2.37. The second-order valence-electron chi connectivity index (χ2n) is 2.39. The lowest BCUT2D eigenvalue weighted by atomic mass is 10.1. The van der Waals surface area contributed by atoms with E-state index in [-0.39, 0.29) is 21.5 Å². The van der Waals surface area contributed by atoms with Crippen LogP contribution in [-0.2, 0) is 0 Å². The molecule has 0 bridgehead atoms. The summed E-state index contributed by atoms with van der Waals surface area (Å²) in [4.78, 5) is 10.8. The van der Waals surface area contributed by atoms with E-state index in [1.54, 1.807) is 0 Å². The Labute approximate surface area is 77.7 Å². The van der Waals surface area contributed by atoms with Crippen molar-refractivity contribution >= 4 is 27.4 Å². The third kappa shape index (κ3) is 1.48. The Morgan fingerprint density at radius 3 is 2.67 bits per heavy atom. The number of carbonyl (C=O) groups excluding carboxylic acids is 1. The van der Waals surface area contributed by atoms with Gasteiger partial charge in [-0.15, -0.1) is 0 Å². The molecule has 0 radical (unpaired) electrons. The average Bonchev–Trinajstić information content (AvgIpc) is 2.00. The molecule has 0 aliphatic rings. The lowest BCUT2D eigenvalue weighted by Crippen LogP contribution is -2.00. The lowest BCUT2D eigenvalue weighted by Gasteiger charge is -2.02. The van der Waals surface area contributed by atoms with Crippen LogP contribution in [0, 0.1) is 5.82 Å². The molecule has 1 rings (SSSR count). The molecule has 2 nitrogen and oxygen atoms in total. The summed E-state index contributed by atoms with van der Waals surface area (Å²) >= 11 is 2.95. The number of halogens is 2. The van der Waals surface area contributed by atoms with Gasteiger partial charge in [-0.25, -0.2) is 4.39 Å². The van der Waals surface area contributed by atoms with Crippen LogP contribution in [0.5, 0.6) is 0 Å². The Morgan fingerprint density at radius 2 is 2.17 bits per heavy atom. The molecule has 0 fully saturated rings. The Morgan fingerprint density at radius 1 is 1.58 bits per heavy atom. The van der Waals surface area contributed by atoms with Gasteiger partial charge in [-0.2, -0.15) is 0 Å². The number of ketones is 1. The fraction of sp³-hybridized carbons (Fsp3) is 0.125. The number of hydrogen-bond acceptors (Lipinski definition) is 2. The van der Waals surface area contributed by atoms with Crippen molar-refractivity contribution < 1.29 is 9.18 Å². The van der Waals surface area contributed by atoms with Crippen LogP contribution in [0.3, 0.4) is 0 Å². The van der Waals surface area contributed by atoms with Gasteiger partial charge in [0.05, 0.1) is 10.0 Å². The summed E-state index contributed by atoms with van der Waals surface area (Å²) in [7, 11) is 0. The summed E-state index contributed by atoms with van der Waals surface area (Å²) in [5.41, 5.74) is 5.73. The summed E-state index contributed by atoms with van der Waals surface area (Å²) < 4.78 is 13.3. The molecule has 4 heteroatoms. The largest absolute Gasteiger partial charge is 0.398 e. The quantitative estimate of drug-likeness (QED) is 0.596. The van der Waals surface area contributed by atoms with E-state index >= 15 is 0 Å². The SMILES string of the molecule is CC(=O)c1ccc(N)c(Br)c1F. The van der Waals surface area contributed by atoms with E-state index in [2.05, 4.69) is 15.9 Å². The summed E-state index contributed by atoms with van der Waals surface area (Å²) in [6, 6.07) is 2.86. The highest BCUT2D eigenvalue weighted by Gasteiger charge is 2.11. The molecule has 1 aromatic rings. The second-order valence-corrected chi connectivity index (χ2v) is 3.18. The van der Waals surface area contributed by atoms with E-state index in [1.807, 2.05) is 0 Å². The zero-order valence-corrected chi connectivity index (χ0v) is 7.98. The summed E-state index contributed by atoms with van der Waals surface area (Å²) in [6.07, 6.45) is 0. The standard InChI is InChI=1S/C8H7BrFNO/c1-4(12)5-2-3-6(11)7(9)8(5)10/h2-3H,11H2,1H3. The molecule has 1 aromatic carbocycles. The van der Waals surface area contributed by atoms with Gasteiger partial charge in [-0.1, -0.05) is 0 Å². The number of nitrogen functional groups attached to an aromatic ring is 1. The third-order valence-corrected chi connectivity index (χ3v) is 2.30. The zero-order valence-electron chi connectivity index (χ0n) is 6.40. The molecule has 0 aromatic heterocycles. The highest BCUT2D eigenvalue weighted by atomic mass is 79.9. The number of nitrogens with two attached hydrogens (primary N) is 1. The Hall–Kier alpha value is -0.900. The van der Waals surface area contributed by atoms with Gasteiger partial charge >= 0.3 is 0 Å². The maximum atomic E-state index is 13.2. The summed E-state index contributed by atoms with van der Waals surface area (Å²) in [5, 5.41) is 0. The van der Waals surface area contributed by atoms with Crippen molar-refractivity contribution in [1.29, 1.82) is 0 Å². The van der Waals surface area contributed by atoms with Crippen LogP contribution in [0.25, 0.3) is 0 Å². The number of hydrogen-bond donors (Lipinski definition) is 1. The van der Waals surface area contributed by atoms with Crippen LogP contribution in [0.15, 0.2) is 16.6 Å². The van der Waals surface area contributed by atoms with Gasteiger partial charge < -0.3 is 5.73 Å². The van der Waals surface area contributed by atoms with Gasteiger partial charge in [-0.3, -0.25) is 4.79 Å². The number of Topliss-reactive ketones (excluding diaryl/α,β-unsaturated/α-hetero) is 1. The third-order valence-electron chi connectivity index (χ3n) is 1.49. The molecule has 2 N–H and O–H groups in total. The molecule has 0 unspecified atom stereocenters. The fourth-order valence-electron chi connectivity index (χ4n) is 0.836. The van der Waals surface area contributed by atoms with Crippen molar-refractivity contribution in [1.82, 2.24) is 0 Å². The van der Waals surface area contributed by atoms with E-state index in [0.717, 1.165) is 0 Å². The van der Waals surface area contributed by atoms with Crippen LogP contribution in [0.2, 0.25) is 0 Å². The molecule has 0 spiro atoms. The first-order valence-corrected chi connectivity index (χ1v) is 4.07. The number of carbonyl (C=O) groups is 1.